The minimum absolute atomic E-state index is 0.00529. The van der Waals surface area contributed by atoms with Crippen molar-refractivity contribution in [3.8, 4) is 0 Å². The maximum Gasteiger partial charge on any atom is 0.264 e. The summed E-state index contributed by atoms with van der Waals surface area (Å²) in [6.07, 6.45) is 4.14. The molecule has 2 aromatic carbocycles. The van der Waals surface area contributed by atoms with Crippen LogP contribution in [0.3, 0.4) is 0 Å². The Labute approximate surface area is 176 Å². The smallest absolute Gasteiger partial charge is 0.264 e. The van der Waals surface area contributed by atoms with Crippen molar-refractivity contribution in [1.82, 2.24) is 9.97 Å². The van der Waals surface area contributed by atoms with Gasteiger partial charge in [-0.15, -0.1) is 0 Å². The predicted molar refractivity (Wildman–Crippen MR) is 117 cm³/mol. The minimum atomic E-state index is -3.81. The van der Waals surface area contributed by atoms with E-state index in [2.05, 4.69) is 33.9 Å². The summed E-state index contributed by atoms with van der Waals surface area (Å²) in [5.74, 6) is 0.411. The number of sulfonamides is 1. The zero-order valence-electron chi connectivity index (χ0n) is 16.9. The number of carbonyl (C=O) groups is 1. The Hall–Kier alpha value is -3.26. The highest BCUT2D eigenvalue weighted by atomic mass is 32.2. The fraction of sp³-hybridized carbons (Fsp3) is 0.227. The monoisotopic (exact) mass is 424 g/mol. The van der Waals surface area contributed by atoms with E-state index in [1.54, 1.807) is 18.2 Å². The number of aromatic nitrogens is 2. The van der Waals surface area contributed by atoms with Crippen LogP contribution in [0.2, 0.25) is 0 Å². The van der Waals surface area contributed by atoms with E-state index >= 15 is 0 Å². The molecule has 8 heteroatoms. The summed E-state index contributed by atoms with van der Waals surface area (Å²) in [6, 6.07) is 15.5. The van der Waals surface area contributed by atoms with Crippen LogP contribution in [0.1, 0.15) is 25.0 Å². The van der Waals surface area contributed by atoms with Crippen LogP contribution in [-0.4, -0.2) is 24.3 Å². The second-order valence-electron chi connectivity index (χ2n) is 7.34. The van der Waals surface area contributed by atoms with Gasteiger partial charge in [-0.25, -0.2) is 23.1 Å². The van der Waals surface area contributed by atoms with E-state index in [0.717, 1.165) is 12.0 Å². The molecule has 1 heterocycles. The number of anilines is 2. The molecule has 0 aliphatic carbocycles. The number of carbonyl (C=O) groups excluding carboxylic acids is 1. The predicted octanol–water partition coefficient (Wildman–Crippen LogP) is 3.66. The molecule has 1 aromatic heterocycles. The van der Waals surface area contributed by atoms with Crippen LogP contribution in [0.4, 0.5) is 11.6 Å². The van der Waals surface area contributed by atoms with Gasteiger partial charge in [-0.05, 0) is 53.8 Å². The van der Waals surface area contributed by atoms with Crippen molar-refractivity contribution in [3.63, 3.8) is 0 Å². The maximum absolute atomic E-state index is 12.4. The molecule has 0 saturated carbocycles. The number of hydrogen-bond donors (Lipinski definition) is 2. The van der Waals surface area contributed by atoms with E-state index in [1.807, 2.05) is 24.3 Å². The van der Waals surface area contributed by atoms with Crippen molar-refractivity contribution in [3.05, 3.63) is 78.1 Å². The van der Waals surface area contributed by atoms with Gasteiger partial charge in [0.05, 0.1) is 11.3 Å². The molecule has 2 N–H and O–H groups in total. The molecule has 0 aliphatic heterocycles. The van der Waals surface area contributed by atoms with Gasteiger partial charge in [0.15, 0.2) is 0 Å². The van der Waals surface area contributed by atoms with Crippen LogP contribution >= 0.6 is 0 Å². The Balaban J connectivity index is 1.59. The summed E-state index contributed by atoms with van der Waals surface area (Å²) in [5, 5.41) is 2.79. The number of benzene rings is 2. The number of nitrogens with one attached hydrogen (secondary N) is 2. The molecule has 3 rings (SSSR count). The topological polar surface area (TPSA) is 101 Å². The lowest BCUT2D eigenvalue weighted by molar-refractivity contribution is -0.115. The van der Waals surface area contributed by atoms with Gasteiger partial charge in [0.25, 0.3) is 10.0 Å². The third-order valence-corrected chi connectivity index (χ3v) is 5.62. The molecule has 0 spiro atoms. The standard InChI is InChI=1S/C22H24N4O3S/c1-16(2)14-17-4-6-18(7-5-17)15-21(27)25-19-8-10-20(11-9-19)30(28,29)26-22-23-12-3-13-24-22/h3-13,16H,14-15H2,1-2H3,(H,25,27)(H,23,24,26). The Kier molecular flexibility index (Phi) is 6.79. The first-order chi connectivity index (χ1) is 14.3. The average molecular weight is 425 g/mol. The molecule has 0 aliphatic rings. The average Bonchev–Trinajstić information content (AvgIpc) is 2.70. The SMILES string of the molecule is CC(C)Cc1ccc(CC(=O)Nc2ccc(S(=O)(=O)Nc3ncccn3)cc2)cc1. The Bertz CT molecular complexity index is 1080. The van der Waals surface area contributed by atoms with Gasteiger partial charge in [-0.1, -0.05) is 38.1 Å². The molecule has 0 radical (unpaired) electrons. The number of amides is 1. The van der Waals surface area contributed by atoms with E-state index in [0.29, 0.717) is 11.6 Å². The maximum atomic E-state index is 12.4. The second-order valence-corrected chi connectivity index (χ2v) is 9.02. The molecule has 0 unspecified atom stereocenters. The van der Waals surface area contributed by atoms with Gasteiger partial charge >= 0.3 is 0 Å². The molecule has 30 heavy (non-hydrogen) atoms. The molecule has 0 saturated heterocycles. The highest BCUT2D eigenvalue weighted by Gasteiger charge is 2.15. The lowest BCUT2D eigenvalue weighted by atomic mass is 10.0. The molecule has 1 amide bonds. The first kappa shape index (κ1) is 21.4. The third kappa shape index (κ3) is 6.12. The van der Waals surface area contributed by atoms with Crippen LogP contribution in [0.25, 0.3) is 0 Å². The highest BCUT2D eigenvalue weighted by molar-refractivity contribution is 7.92. The van der Waals surface area contributed by atoms with E-state index in [9.17, 15) is 13.2 Å². The zero-order valence-corrected chi connectivity index (χ0v) is 17.7. The van der Waals surface area contributed by atoms with Crippen LogP contribution in [0, 0.1) is 5.92 Å². The highest BCUT2D eigenvalue weighted by Crippen LogP contribution is 2.17. The van der Waals surface area contributed by atoms with E-state index in [-0.39, 0.29) is 23.2 Å². The van der Waals surface area contributed by atoms with Crippen LogP contribution in [0.15, 0.2) is 71.9 Å². The molecule has 3 aromatic rings. The van der Waals surface area contributed by atoms with Crippen molar-refractivity contribution >= 4 is 27.6 Å². The molecular formula is C22H24N4O3S. The van der Waals surface area contributed by atoms with E-state index in [4.69, 9.17) is 0 Å². The summed E-state index contributed by atoms with van der Waals surface area (Å²) in [6.45, 7) is 4.34. The summed E-state index contributed by atoms with van der Waals surface area (Å²) in [4.78, 5) is 20.1. The van der Waals surface area contributed by atoms with Gasteiger partial charge in [0.2, 0.25) is 11.9 Å². The lowest BCUT2D eigenvalue weighted by Gasteiger charge is -2.09. The van der Waals surface area contributed by atoms with Crippen molar-refractivity contribution in [2.75, 3.05) is 10.0 Å². The van der Waals surface area contributed by atoms with E-state index < -0.39 is 10.0 Å². The Morgan fingerprint density at radius 1 is 0.933 bits per heavy atom. The first-order valence-corrected chi connectivity index (χ1v) is 11.1. The number of nitrogens with zero attached hydrogens (tertiary/aromatic N) is 2. The summed E-state index contributed by atoms with van der Waals surface area (Å²) in [7, 11) is -3.81. The molecule has 7 nitrogen and oxygen atoms in total. The fourth-order valence-electron chi connectivity index (χ4n) is 2.90. The van der Waals surface area contributed by atoms with Crippen molar-refractivity contribution in [2.45, 2.75) is 31.6 Å². The van der Waals surface area contributed by atoms with Crippen LogP contribution < -0.4 is 10.0 Å². The van der Waals surface area contributed by atoms with Crippen molar-refractivity contribution < 1.29 is 13.2 Å². The van der Waals surface area contributed by atoms with Gasteiger partial charge in [-0.3, -0.25) is 4.79 Å². The zero-order chi connectivity index (χ0) is 21.6. The van der Waals surface area contributed by atoms with Crippen LogP contribution in [-0.2, 0) is 27.7 Å². The van der Waals surface area contributed by atoms with Gasteiger partial charge in [0, 0.05) is 18.1 Å². The Morgan fingerprint density at radius 3 is 2.13 bits per heavy atom. The van der Waals surface area contributed by atoms with Crippen LogP contribution in [0.5, 0.6) is 0 Å². The van der Waals surface area contributed by atoms with Gasteiger partial charge in [0.1, 0.15) is 0 Å². The van der Waals surface area contributed by atoms with Crippen molar-refractivity contribution in [2.24, 2.45) is 5.92 Å². The molecule has 156 valence electrons. The quantitative estimate of drug-likeness (QED) is 0.575. The molecule has 0 bridgehead atoms. The third-order valence-electron chi connectivity index (χ3n) is 4.27. The van der Waals surface area contributed by atoms with Gasteiger partial charge < -0.3 is 5.32 Å². The lowest BCUT2D eigenvalue weighted by Crippen LogP contribution is -2.16. The fourth-order valence-corrected chi connectivity index (χ4v) is 3.86. The summed E-state index contributed by atoms with van der Waals surface area (Å²) in [5.41, 5.74) is 2.69. The summed E-state index contributed by atoms with van der Waals surface area (Å²) < 4.78 is 27.1. The first-order valence-electron chi connectivity index (χ1n) is 9.59. The molecule has 0 atom stereocenters. The second kappa shape index (κ2) is 9.49. The summed E-state index contributed by atoms with van der Waals surface area (Å²) >= 11 is 0. The normalized spacial score (nSPS) is 11.3. The van der Waals surface area contributed by atoms with Crippen molar-refractivity contribution in [1.29, 1.82) is 0 Å². The van der Waals surface area contributed by atoms with E-state index in [1.165, 1.54) is 30.1 Å². The molecule has 0 fully saturated rings. The van der Waals surface area contributed by atoms with Gasteiger partial charge in [-0.2, -0.15) is 0 Å². The largest absolute Gasteiger partial charge is 0.326 e. The Morgan fingerprint density at radius 2 is 1.53 bits per heavy atom. The number of hydrogen-bond acceptors (Lipinski definition) is 5. The molecular weight excluding hydrogens is 400 g/mol. The number of rotatable bonds is 8. The minimum Gasteiger partial charge on any atom is -0.326 e.